The number of nitrogens with one attached hydrogen (secondary N) is 1. The maximum Gasteiger partial charge on any atom is 0.274 e. The number of amides is 1. The highest BCUT2D eigenvalue weighted by atomic mass is 35.5. The van der Waals surface area contributed by atoms with Crippen molar-refractivity contribution in [2.45, 2.75) is 0 Å². The first kappa shape index (κ1) is 15.0. The van der Waals surface area contributed by atoms with Gasteiger partial charge in [0.25, 0.3) is 5.91 Å². The van der Waals surface area contributed by atoms with E-state index in [9.17, 15) is 4.79 Å². The average molecular weight is 326 g/mol. The maximum atomic E-state index is 12.2. The van der Waals surface area contributed by atoms with Crippen LogP contribution in [0.5, 0.6) is 11.8 Å². The molecule has 0 radical (unpaired) electrons. The fourth-order valence-corrected chi connectivity index (χ4v) is 1.96. The number of carbonyl (C=O) groups is 1. The summed E-state index contributed by atoms with van der Waals surface area (Å²) >= 11 is 5.77. The molecule has 0 aliphatic carbocycles. The Labute approximate surface area is 137 Å². The quantitative estimate of drug-likeness (QED) is 0.781. The van der Waals surface area contributed by atoms with E-state index >= 15 is 0 Å². The van der Waals surface area contributed by atoms with E-state index in [4.69, 9.17) is 16.3 Å². The van der Waals surface area contributed by atoms with Gasteiger partial charge in [-0.25, -0.2) is 9.97 Å². The van der Waals surface area contributed by atoms with Crippen LogP contribution < -0.4 is 10.1 Å². The van der Waals surface area contributed by atoms with Crippen LogP contribution in [0, 0.1) is 0 Å². The SMILES string of the molecule is O=C(Nc1ccccc1)c1cccc(Oc2ccc(Cl)cn2)n1. The summed E-state index contributed by atoms with van der Waals surface area (Å²) in [7, 11) is 0. The number of rotatable bonds is 4. The number of hydrogen-bond donors (Lipinski definition) is 1. The Kier molecular flexibility index (Phi) is 4.49. The molecule has 114 valence electrons. The normalized spacial score (nSPS) is 10.1. The number of benzene rings is 1. The molecular weight excluding hydrogens is 314 g/mol. The molecular formula is C17H12ClN3O2. The topological polar surface area (TPSA) is 64.1 Å². The number of hydrogen-bond acceptors (Lipinski definition) is 4. The Balaban J connectivity index is 1.74. The molecule has 3 rings (SSSR count). The third-order valence-corrected chi connectivity index (χ3v) is 3.12. The molecule has 2 heterocycles. The molecule has 3 aromatic rings. The smallest absolute Gasteiger partial charge is 0.274 e. The van der Waals surface area contributed by atoms with Crippen LogP contribution in [0.2, 0.25) is 5.02 Å². The standard InChI is InChI=1S/C17H12ClN3O2/c18-12-9-10-15(19-11-12)23-16-8-4-7-14(21-16)17(22)20-13-5-2-1-3-6-13/h1-11H,(H,20,22). The van der Waals surface area contributed by atoms with E-state index in [0.717, 1.165) is 0 Å². The minimum atomic E-state index is -0.314. The van der Waals surface area contributed by atoms with Gasteiger partial charge < -0.3 is 10.1 Å². The monoisotopic (exact) mass is 325 g/mol. The Morgan fingerprint density at radius 2 is 1.78 bits per heavy atom. The molecule has 0 saturated carbocycles. The van der Waals surface area contributed by atoms with Gasteiger partial charge in [0.1, 0.15) is 5.69 Å². The summed E-state index contributed by atoms with van der Waals surface area (Å²) in [5.41, 5.74) is 0.949. The molecule has 0 aliphatic heterocycles. The lowest BCUT2D eigenvalue weighted by Gasteiger charge is -2.07. The number of halogens is 1. The van der Waals surface area contributed by atoms with E-state index in [2.05, 4.69) is 15.3 Å². The number of carbonyl (C=O) groups excluding carboxylic acids is 1. The summed E-state index contributed by atoms with van der Waals surface area (Å²) in [5, 5.41) is 3.28. The zero-order valence-corrected chi connectivity index (χ0v) is 12.7. The van der Waals surface area contributed by atoms with Crippen molar-refractivity contribution in [3.05, 3.63) is 77.6 Å². The number of anilines is 1. The number of ether oxygens (including phenoxy) is 1. The zero-order chi connectivity index (χ0) is 16.1. The Morgan fingerprint density at radius 1 is 0.957 bits per heavy atom. The van der Waals surface area contributed by atoms with Gasteiger partial charge in [0.2, 0.25) is 11.8 Å². The minimum Gasteiger partial charge on any atom is -0.421 e. The third kappa shape index (κ3) is 4.05. The summed E-state index contributed by atoms with van der Waals surface area (Å²) in [6, 6.07) is 17.4. The number of pyridine rings is 2. The van der Waals surface area contributed by atoms with Crippen molar-refractivity contribution in [2.24, 2.45) is 0 Å². The van der Waals surface area contributed by atoms with Gasteiger partial charge in [-0.3, -0.25) is 4.79 Å². The van der Waals surface area contributed by atoms with Crippen LogP contribution in [0.1, 0.15) is 10.5 Å². The van der Waals surface area contributed by atoms with Crippen molar-refractivity contribution in [2.75, 3.05) is 5.32 Å². The van der Waals surface area contributed by atoms with E-state index in [0.29, 0.717) is 16.6 Å². The van der Waals surface area contributed by atoms with Crippen molar-refractivity contribution >= 4 is 23.2 Å². The molecule has 1 N–H and O–H groups in total. The van der Waals surface area contributed by atoms with Crippen LogP contribution in [-0.2, 0) is 0 Å². The van der Waals surface area contributed by atoms with Gasteiger partial charge in [0, 0.05) is 24.0 Å². The van der Waals surface area contributed by atoms with Crippen molar-refractivity contribution in [1.29, 1.82) is 0 Å². The molecule has 0 spiro atoms. The lowest BCUT2D eigenvalue weighted by atomic mass is 10.3. The molecule has 1 aromatic carbocycles. The molecule has 1 amide bonds. The minimum absolute atomic E-state index is 0.250. The van der Waals surface area contributed by atoms with Gasteiger partial charge in [-0.1, -0.05) is 35.9 Å². The fourth-order valence-electron chi connectivity index (χ4n) is 1.84. The van der Waals surface area contributed by atoms with E-state index in [-0.39, 0.29) is 17.5 Å². The summed E-state index contributed by atoms with van der Waals surface area (Å²) < 4.78 is 5.51. The number of nitrogens with zero attached hydrogens (tertiary/aromatic N) is 2. The van der Waals surface area contributed by atoms with Crippen LogP contribution in [0.3, 0.4) is 0 Å². The van der Waals surface area contributed by atoms with Gasteiger partial charge in [-0.15, -0.1) is 0 Å². The highest BCUT2D eigenvalue weighted by Gasteiger charge is 2.09. The fraction of sp³-hybridized carbons (Fsp3) is 0. The van der Waals surface area contributed by atoms with Crippen LogP contribution in [0.25, 0.3) is 0 Å². The molecule has 23 heavy (non-hydrogen) atoms. The first-order valence-electron chi connectivity index (χ1n) is 6.83. The van der Waals surface area contributed by atoms with Crippen molar-refractivity contribution in [1.82, 2.24) is 9.97 Å². The molecule has 0 atom stereocenters. The number of aromatic nitrogens is 2. The van der Waals surface area contributed by atoms with Crippen molar-refractivity contribution < 1.29 is 9.53 Å². The molecule has 0 bridgehead atoms. The predicted octanol–water partition coefficient (Wildman–Crippen LogP) is 4.17. The molecule has 6 heteroatoms. The summed E-state index contributed by atoms with van der Waals surface area (Å²) in [4.78, 5) is 20.4. The van der Waals surface area contributed by atoms with E-state index < -0.39 is 0 Å². The predicted molar refractivity (Wildman–Crippen MR) is 88.0 cm³/mol. The Hall–Kier alpha value is -2.92. The second-order valence-corrected chi connectivity index (χ2v) is 5.03. The lowest BCUT2D eigenvalue weighted by Crippen LogP contribution is -2.13. The Bertz CT molecular complexity index is 808. The lowest BCUT2D eigenvalue weighted by molar-refractivity contribution is 0.102. The van der Waals surface area contributed by atoms with Gasteiger partial charge in [0.15, 0.2) is 0 Å². The van der Waals surface area contributed by atoms with Crippen molar-refractivity contribution in [3.8, 4) is 11.8 Å². The molecule has 2 aromatic heterocycles. The third-order valence-electron chi connectivity index (χ3n) is 2.90. The highest BCUT2D eigenvalue weighted by molar-refractivity contribution is 6.30. The second-order valence-electron chi connectivity index (χ2n) is 4.60. The molecule has 0 fully saturated rings. The van der Waals surface area contributed by atoms with Crippen LogP contribution in [0.15, 0.2) is 66.9 Å². The summed E-state index contributed by atoms with van der Waals surface area (Å²) in [5.74, 6) is 0.314. The van der Waals surface area contributed by atoms with Gasteiger partial charge in [0.05, 0.1) is 5.02 Å². The average Bonchev–Trinajstić information content (AvgIpc) is 2.58. The first-order valence-corrected chi connectivity index (χ1v) is 7.21. The van der Waals surface area contributed by atoms with Gasteiger partial charge >= 0.3 is 0 Å². The number of para-hydroxylation sites is 1. The van der Waals surface area contributed by atoms with Crippen molar-refractivity contribution in [3.63, 3.8) is 0 Å². The van der Waals surface area contributed by atoms with Gasteiger partial charge in [-0.2, -0.15) is 0 Å². The first-order chi connectivity index (χ1) is 11.2. The van der Waals surface area contributed by atoms with Crippen LogP contribution in [-0.4, -0.2) is 15.9 Å². The summed E-state index contributed by atoms with van der Waals surface area (Å²) in [6.45, 7) is 0. The zero-order valence-electron chi connectivity index (χ0n) is 11.9. The highest BCUT2D eigenvalue weighted by Crippen LogP contribution is 2.19. The molecule has 0 unspecified atom stereocenters. The molecule has 0 aliphatic rings. The summed E-state index contributed by atoms with van der Waals surface area (Å²) in [6.07, 6.45) is 1.48. The van der Waals surface area contributed by atoms with Crippen LogP contribution in [0.4, 0.5) is 5.69 Å². The maximum absolute atomic E-state index is 12.2. The Morgan fingerprint density at radius 3 is 2.52 bits per heavy atom. The van der Waals surface area contributed by atoms with Gasteiger partial charge in [-0.05, 0) is 24.3 Å². The van der Waals surface area contributed by atoms with E-state index in [1.54, 1.807) is 42.5 Å². The van der Waals surface area contributed by atoms with E-state index in [1.165, 1.54) is 6.20 Å². The molecule has 0 saturated heterocycles. The largest absolute Gasteiger partial charge is 0.421 e. The van der Waals surface area contributed by atoms with Crippen LogP contribution >= 0.6 is 11.6 Å². The molecule has 5 nitrogen and oxygen atoms in total. The second kappa shape index (κ2) is 6.89. The van der Waals surface area contributed by atoms with E-state index in [1.807, 2.05) is 18.2 Å².